The maximum atomic E-state index is 13.1. The highest BCUT2D eigenvalue weighted by Crippen LogP contribution is 2.34. The second kappa shape index (κ2) is 9.77. The summed E-state index contributed by atoms with van der Waals surface area (Å²) in [6.45, 7) is 1.68. The van der Waals surface area contributed by atoms with Crippen LogP contribution >= 0.6 is 11.8 Å². The molecular weight excluding hydrogens is 431 g/mol. The molecule has 4 rings (SSSR count). The van der Waals surface area contributed by atoms with Crippen LogP contribution in [0.5, 0.6) is 0 Å². The normalized spacial score (nSPS) is 20.2. The Balaban J connectivity index is 1.43. The molecule has 1 saturated heterocycles. The molecule has 1 aromatic carbocycles. The lowest BCUT2D eigenvalue weighted by molar-refractivity contribution is -0.118. The molecule has 170 valence electrons. The molecule has 9 heteroatoms. The fourth-order valence-corrected chi connectivity index (χ4v) is 5.04. The fraction of sp³-hybridized carbons (Fsp3) is 0.435. The molecule has 2 aliphatic rings. The van der Waals surface area contributed by atoms with E-state index in [0.717, 1.165) is 12.1 Å². The van der Waals surface area contributed by atoms with Gasteiger partial charge in [0.1, 0.15) is 11.9 Å². The number of hydrogen-bond acceptors (Lipinski definition) is 4. The van der Waals surface area contributed by atoms with Crippen molar-refractivity contribution in [3.63, 3.8) is 0 Å². The van der Waals surface area contributed by atoms with Crippen LogP contribution in [0.15, 0.2) is 47.3 Å². The van der Waals surface area contributed by atoms with Crippen LogP contribution in [0.4, 0.5) is 14.9 Å². The first-order chi connectivity index (χ1) is 15.4. The van der Waals surface area contributed by atoms with Crippen LogP contribution in [0.3, 0.4) is 0 Å². The Morgan fingerprint density at radius 2 is 1.94 bits per heavy atom. The Kier molecular flexibility index (Phi) is 6.83. The molecule has 2 aliphatic heterocycles. The highest BCUT2D eigenvalue weighted by Gasteiger charge is 2.37. The van der Waals surface area contributed by atoms with Crippen LogP contribution in [0.1, 0.15) is 24.5 Å². The Hall–Kier alpha value is -2.81. The number of benzene rings is 1. The summed E-state index contributed by atoms with van der Waals surface area (Å²) in [7, 11) is 0. The second-order valence-corrected chi connectivity index (χ2v) is 9.37. The molecular formula is C23H27FN4O3S. The van der Waals surface area contributed by atoms with Gasteiger partial charge in [-0.2, -0.15) is 11.8 Å². The minimum absolute atomic E-state index is 0.00435. The Labute approximate surface area is 190 Å². The zero-order valence-electron chi connectivity index (χ0n) is 17.9. The van der Waals surface area contributed by atoms with E-state index in [1.807, 2.05) is 16.9 Å². The van der Waals surface area contributed by atoms with E-state index in [-0.39, 0.29) is 35.2 Å². The van der Waals surface area contributed by atoms with Gasteiger partial charge >= 0.3 is 6.03 Å². The first-order valence-electron chi connectivity index (χ1n) is 10.7. The number of aromatic nitrogens is 1. The van der Waals surface area contributed by atoms with Gasteiger partial charge in [-0.25, -0.2) is 9.18 Å². The van der Waals surface area contributed by atoms with E-state index < -0.39 is 6.04 Å². The van der Waals surface area contributed by atoms with E-state index in [1.54, 1.807) is 28.8 Å². The van der Waals surface area contributed by atoms with Gasteiger partial charge < -0.3 is 20.1 Å². The SMILES string of the molecule is CSCC[C@H](NC(=O)N1C[C@H]2C[C@@H](C1)c1cccc(=O)n1C2)C(=O)Nc1ccc(F)cc1. The monoisotopic (exact) mass is 458 g/mol. The fourth-order valence-electron chi connectivity index (χ4n) is 4.57. The molecule has 7 nitrogen and oxygen atoms in total. The third-order valence-corrected chi connectivity index (χ3v) is 6.75. The van der Waals surface area contributed by atoms with Gasteiger partial charge in [-0.3, -0.25) is 9.59 Å². The van der Waals surface area contributed by atoms with Crippen molar-refractivity contribution in [3.8, 4) is 0 Å². The number of carbonyl (C=O) groups excluding carboxylic acids is 2. The summed E-state index contributed by atoms with van der Waals surface area (Å²) in [5.74, 6) is 0.330. The zero-order chi connectivity index (χ0) is 22.7. The van der Waals surface area contributed by atoms with E-state index in [1.165, 1.54) is 24.3 Å². The van der Waals surface area contributed by atoms with Crippen molar-refractivity contribution in [2.45, 2.75) is 31.3 Å². The number of carbonyl (C=O) groups is 2. The van der Waals surface area contributed by atoms with E-state index in [2.05, 4.69) is 10.6 Å². The number of anilines is 1. The van der Waals surface area contributed by atoms with E-state index in [0.29, 0.717) is 37.5 Å². The first-order valence-corrected chi connectivity index (χ1v) is 12.1. The van der Waals surface area contributed by atoms with Crippen molar-refractivity contribution in [2.75, 3.05) is 30.4 Å². The predicted octanol–water partition coefficient (Wildman–Crippen LogP) is 2.88. The van der Waals surface area contributed by atoms with Gasteiger partial charge in [0, 0.05) is 43.0 Å². The van der Waals surface area contributed by atoms with Crippen molar-refractivity contribution < 1.29 is 14.0 Å². The number of pyridine rings is 1. The summed E-state index contributed by atoms with van der Waals surface area (Å²) < 4.78 is 15.0. The molecule has 2 aromatic rings. The van der Waals surface area contributed by atoms with Crippen molar-refractivity contribution in [1.82, 2.24) is 14.8 Å². The van der Waals surface area contributed by atoms with Crippen LogP contribution in [-0.2, 0) is 11.3 Å². The molecule has 3 amide bonds. The lowest BCUT2D eigenvalue weighted by atomic mass is 9.83. The summed E-state index contributed by atoms with van der Waals surface area (Å²) >= 11 is 1.60. The van der Waals surface area contributed by atoms with Gasteiger partial charge in [-0.1, -0.05) is 6.07 Å². The number of urea groups is 1. The minimum Gasteiger partial charge on any atom is -0.326 e. The summed E-state index contributed by atoms with van der Waals surface area (Å²) in [6, 6.07) is 9.88. The van der Waals surface area contributed by atoms with Gasteiger partial charge in [0.25, 0.3) is 5.56 Å². The van der Waals surface area contributed by atoms with Crippen molar-refractivity contribution in [2.24, 2.45) is 5.92 Å². The molecule has 32 heavy (non-hydrogen) atoms. The van der Waals surface area contributed by atoms with Gasteiger partial charge in [-0.15, -0.1) is 0 Å². The molecule has 0 aliphatic carbocycles. The molecule has 2 N–H and O–H groups in total. The number of hydrogen-bond donors (Lipinski definition) is 2. The quantitative estimate of drug-likeness (QED) is 0.697. The van der Waals surface area contributed by atoms with Gasteiger partial charge in [0.15, 0.2) is 0 Å². The van der Waals surface area contributed by atoms with Crippen LogP contribution in [0.2, 0.25) is 0 Å². The zero-order valence-corrected chi connectivity index (χ0v) is 18.7. The van der Waals surface area contributed by atoms with Crippen LogP contribution in [-0.4, -0.2) is 52.5 Å². The molecule has 3 heterocycles. The Morgan fingerprint density at radius 3 is 2.69 bits per heavy atom. The molecule has 1 aromatic heterocycles. The maximum absolute atomic E-state index is 13.1. The Morgan fingerprint density at radius 1 is 1.16 bits per heavy atom. The lowest BCUT2D eigenvalue weighted by Gasteiger charge is -2.43. The smallest absolute Gasteiger partial charge is 0.318 e. The van der Waals surface area contributed by atoms with Crippen molar-refractivity contribution in [1.29, 1.82) is 0 Å². The number of piperidine rings is 1. The van der Waals surface area contributed by atoms with Crippen molar-refractivity contribution in [3.05, 3.63) is 64.3 Å². The number of thioether (sulfide) groups is 1. The lowest BCUT2D eigenvalue weighted by Crippen LogP contribution is -2.55. The molecule has 0 saturated carbocycles. The third-order valence-electron chi connectivity index (χ3n) is 6.10. The Bertz CT molecular complexity index is 1040. The second-order valence-electron chi connectivity index (χ2n) is 8.38. The van der Waals surface area contributed by atoms with Gasteiger partial charge in [-0.05, 0) is 61.1 Å². The average molecular weight is 459 g/mol. The minimum atomic E-state index is -0.698. The van der Waals surface area contributed by atoms with Gasteiger partial charge in [0.05, 0.1) is 0 Å². The number of rotatable bonds is 6. The average Bonchev–Trinajstić information content (AvgIpc) is 2.78. The summed E-state index contributed by atoms with van der Waals surface area (Å²) in [6.07, 6.45) is 3.38. The van der Waals surface area contributed by atoms with Crippen LogP contribution < -0.4 is 16.2 Å². The summed E-state index contributed by atoms with van der Waals surface area (Å²) in [4.78, 5) is 39.9. The van der Waals surface area contributed by atoms with Crippen LogP contribution in [0.25, 0.3) is 0 Å². The molecule has 1 fully saturated rings. The molecule has 0 spiro atoms. The highest BCUT2D eigenvalue weighted by molar-refractivity contribution is 7.98. The standard InChI is InChI=1S/C23H27FN4O3S/c1-32-10-9-19(22(30)25-18-7-5-17(24)6-8-18)26-23(31)27-12-15-11-16(14-27)20-3-2-4-21(29)28(20)13-15/h2-8,15-16,19H,9-14H2,1H3,(H,25,30)(H,26,31)/t15-,16+,19+/m1/s1. The number of halogens is 1. The largest absolute Gasteiger partial charge is 0.326 e. The van der Waals surface area contributed by atoms with E-state index in [4.69, 9.17) is 0 Å². The third kappa shape index (κ3) is 4.98. The molecule has 0 radical (unpaired) electrons. The number of fused-ring (bicyclic) bond motifs is 4. The number of nitrogens with one attached hydrogen (secondary N) is 2. The molecule has 3 atom stereocenters. The van der Waals surface area contributed by atoms with E-state index >= 15 is 0 Å². The van der Waals surface area contributed by atoms with E-state index in [9.17, 15) is 18.8 Å². The van der Waals surface area contributed by atoms with Crippen molar-refractivity contribution >= 4 is 29.4 Å². The molecule has 2 bridgehead atoms. The summed E-state index contributed by atoms with van der Waals surface area (Å²) in [5, 5.41) is 5.66. The topological polar surface area (TPSA) is 83.4 Å². The predicted molar refractivity (Wildman–Crippen MR) is 123 cm³/mol. The number of amides is 3. The number of likely N-dealkylation sites (tertiary alicyclic amines) is 1. The molecule has 0 unspecified atom stereocenters. The summed E-state index contributed by atoms with van der Waals surface area (Å²) in [5.41, 5.74) is 1.46. The van der Waals surface area contributed by atoms with Crippen LogP contribution in [0, 0.1) is 11.7 Å². The first kappa shape index (κ1) is 22.4. The maximum Gasteiger partial charge on any atom is 0.318 e. The number of nitrogens with zero attached hydrogens (tertiary/aromatic N) is 2. The highest BCUT2D eigenvalue weighted by atomic mass is 32.2. The van der Waals surface area contributed by atoms with Gasteiger partial charge in [0.2, 0.25) is 5.91 Å².